The van der Waals surface area contributed by atoms with E-state index in [1.807, 2.05) is 0 Å². The summed E-state index contributed by atoms with van der Waals surface area (Å²) in [5, 5.41) is 0. The second-order valence-electron chi connectivity index (χ2n) is 4.59. The first-order chi connectivity index (χ1) is 9.52. The lowest BCUT2D eigenvalue weighted by Crippen LogP contribution is -2.38. The average molecular weight is 283 g/mol. The average Bonchev–Trinajstić information content (AvgIpc) is 3.20. The number of benzene rings is 1. The molecule has 1 aliphatic rings. The molecule has 1 saturated carbocycles. The van der Waals surface area contributed by atoms with E-state index in [0.717, 1.165) is 25.0 Å². The maximum Gasteiger partial charge on any atom is 0.325 e. The van der Waals surface area contributed by atoms with E-state index in [2.05, 4.69) is 0 Å². The second-order valence-corrected chi connectivity index (χ2v) is 4.59. The van der Waals surface area contributed by atoms with E-state index in [1.54, 1.807) is 6.92 Å². The molecule has 0 bridgehead atoms. The van der Waals surface area contributed by atoms with Crippen molar-refractivity contribution in [3.05, 3.63) is 35.4 Å². The molecule has 1 aromatic carbocycles. The van der Waals surface area contributed by atoms with Crippen LogP contribution in [0, 0.1) is 11.6 Å². The fraction of sp³-hybridized carbons (Fsp3) is 0.429. The third-order valence-electron chi connectivity index (χ3n) is 3.01. The molecule has 1 fully saturated rings. The van der Waals surface area contributed by atoms with Crippen molar-refractivity contribution in [1.82, 2.24) is 4.90 Å². The highest BCUT2D eigenvalue weighted by Gasteiger charge is 2.35. The summed E-state index contributed by atoms with van der Waals surface area (Å²) in [5.74, 6) is -2.82. The minimum absolute atomic E-state index is 0.0728. The Morgan fingerprint density at radius 1 is 1.35 bits per heavy atom. The largest absolute Gasteiger partial charge is 0.465 e. The first-order valence-electron chi connectivity index (χ1n) is 6.44. The molecule has 0 aromatic heterocycles. The first-order valence-corrected chi connectivity index (χ1v) is 6.44. The van der Waals surface area contributed by atoms with Crippen LogP contribution < -0.4 is 0 Å². The van der Waals surface area contributed by atoms with Gasteiger partial charge < -0.3 is 9.64 Å². The Morgan fingerprint density at radius 3 is 2.60 bits per heavy atom. The molecule has 0 heterocycles. The van der Waals surface area contributed by atoms with Crippen LogP contribution in [0.3, 0.4) is 0 Å². The summed E-state index contributed by atoms with van der Waals surface area (Å²) < 4.78 is 31.3. The van der Waals surface area contributed by atoms with Gasteiger partial charge in [0.05, 0.1) is 12.2 Å². The van der Waals surface area contributed by atoms with Gasteiger partial charge in [0.25, 0.3) is 5.91 Å². The predicted octanol–water partition coefficient (Wildman–Crippen LogP) is 2.13. The third kappa shape index (κ3) is 3.31. The maximum absolute atomic E-state index is 13.6. The maximum atomic E-state index is 13.6. The van der Waals surface area contributed by atoms with Gasteiger partial charge in [0.15, 0.2) is 0 Å². The van der Waals surface area contributed by atoms with Crippen molar-refractivity contribution in [2.45, 2.75) is 25.8 Å². The molecule has 4 nitrogen and oxygen atoms in total. The first kappa shape index (κ1) is 14.4. The van der Waals surface area contributed by atoms with Gasteiger partial charge in [-0.3, -0.25) is 9.59 Å². The number of ether oxygens (including phenoxy) is 1. The lowest BCUT2D eigenvalue weighted by molar-refractivity contribution is -0.144. The second kappa shape index (κ2) is 5.98. The van der Waals surface area contributed by atoms with E-state index in [4.69, 9.17) is 4.74 Å². The number of hydrogen-bond donors (Lipinski definition) is 0. The summed E-state index contributed by atoms with van der Waals surface area (Å²) in [7, 11) is 0. The van der Waals surface area contributed by atoms with Gasteiger partial charge in [-0.15, -0.1) is 0 Å². The number of hydrogen-bond acceptors (Lipinski definition) is 3. The SMILES string of the molecule is CCOC(=O)CN(C(=O)c1ccc(F)cc1F)C1CC1. The van der Waals surface area contributed by atoms with Crippen LogP contribution in [0.1, 0.15) is 30.1 Å². The molecule has 0 N–H and O–H groups in total. The monoisotopic (exact) mass is 283 g/mol. The van der Waals surface area contributed by atoms with Gasteiger partial charge >= 0.3 is 5.97 Å². The van der Waals surface area contributed by atoms with Crippen LogP contribution >= 0.6 is 0 Å². The van der Waals surface area contributed by atoms with Gasteiger partial charge in [0.1, 0.15) is 18.2 Å². The number of nitrogens with zero attached hydrogens (tertiary/aromatic N) is 1. The Morgan fingerprint density at radius 2 is 2.05 bits per heavy atom. The molecule has 108 valence electrons. The molecule has 6 heteroatoms. The lowest BCUT2D eigenvalue weighted by atomic mass is 10.1. The van der Waals surface area contributed by atoms with Crippen molar-refractivity contribution in [3.8, 4) is 0 Å². The Labute approximate surface area is 115 Å². The van der Waals surface area contributed by atoms with Gasteiger partial charge in [-0.2, -0.15) is 0 Å². The van der Waals surface area contributed by atoms with E-state index in [-0.39, 0.29) is 24.8 Å². The predicted molar refractivity (Wildman–Crippen MR) is 67.0 cm³/mol. The molecule has 0 unspecified atom stereocenters. The summed E-state index contributed by atoms with van der Waals surface area (Å²) in [5.41, 5.74) is -0.234. The van der Waals surface area contributed by atoms with Crippen LogP contribution in [0.4, 0.5) is 8.78 Å². The quantitative estimate of drug-likeness (QED) is 0.778. The van der Waals surface area contributed by atoms with E-state index < -0.39 is 23.5 Å². The summed E-state index contributed by atoms with van der Waals surface area (Å²) in [4.78, 5) is 25.0. The highest BCUT2D eigenvalue weighted by molar-refractivity contribution is 5.96. The number of amides is 1. The van der Waals surface area contributed by atoms with Gasteiger partial charge in [0, 0.05) is 12.1 Å². The minimum atomic E-state index is -0.926. The Kier molecular flexibility index (Phi) is 4.32. The smallest absolute Gasteiger partial charge is 0.325 e. The highest BCUT2D eigenvalue weighted by Crippen LogP contribution is 2.28. The molecular weight excluding hydrogens is 268 g/mol. The van der Waals surface area contributed by atoms with Crippen molar-refractivity contribution in [1.29, 1.82) is 0 Å². The molecule has 0 spiro atoms. The summed E-state index contributed by atoms with van der Waals surface area (Å²) in [6, 6.07) is 2.69. The number of esters is 1. The molecule has 0 aliphatic heterocycles. The van der Waals surface area contributed by atoms with Crippen molar-refractivity contribution >= 4 is 11.9 Å². The summed E-state index contributed by atoms with van der Waals surface area (Å²) >= 11 is 0. The molecule has 1 aromatic rings. The van der Waals surface area contributed by atoms with E-state index >= 15 is 0 Å². The molecule has 0 atom stereocenters. The normalized spacial score (nSPS) is 13.9. The fourth-order valence-corrected chi connectivity index (χ4v) is 1.92. The Hall–Kier alpha value is -1.98. The molecule has 1 amide bonds. The minimum Gasteiger partial charge on any atom is -0.465 e. The van der Waals surface area contributed by atoms with Gasteiger partial charge in [-0.25, -0.2) is 8.78 Å². The van der Waals surface area contributed by atoms with Crippen LogP contribution in [0.25, 0.3) is 0 Å². The van der Waals surface area contributed by atoms with E-state index in [9.17, 15) is 18.4 Å². The fourth-order valence-electron chi connectivity index (χ4n) is 1.92. The van der Waals surface area contributed by atoms with Crippen molar-refractivity contribution in [2.75, 3.05) is 13.2 Å². The zero-order valence-corrected chi connectivity index (χ0v) is 11.1. The molecule has 0 radical (unpaired) electrons. The molecule has 2 rings (SSSR count). The number of rotatable bonds is 5. The van der Waals surface area contributed by atoms with Crippen LogP contribution in [-0.2, 0) is 9.53 Å². The van der Waals surface area contributed by atoms with Crippen LogP contribution in [0.2, 0.25) is 0 Å². The highest BCUT2D eigenvalue weighted by atomic mass is 19.1. The summed E-state index contributed by atoms with van der Waals surface area (Å²) in [6.45, 7) is 1.67. The zero-order chi connectivity index (χ0) is 14.7. The van der Waals surface area contributed by atoms with Crippen LogP contribution in [-0.4, -0.2) is 36.0 Å². The van der Waals surface area contributed by atoms with E-state index in [0.29, 0.717) is 6.07 Å². The molecule has 0 saturated heterocycles. The molecular formula is C14H15F2NO3. The topological polar surface area (TPSA) is 46.6 Å². The lowest BCUT2D eigenvalue weighted by Gasteiger charge is -2.21. The zero-order valence-electron chi connectivity index (χ0n) is 11.1. The Bertz CT molecular complexity index is 529. The number of carbonyl (C=O) groups excluding carboxylic acids is 2. The number of halogens is 2. The van der Waals surface area contributed by atoms with Gasteiger partial charge in [-0.1, -0.05) is 0 Å². The summed E-state index contributed by atoms with van der Waals surface area (Å²) in [6.07, 6.45) is 1.54. The van der Waals surface area contributed by atoms with Crippen LogP contribution in [0.15, 0.2) is 18.2 Å². The molecule has 20 heavy (non-hydrogen) atoms. The number of carbonyl (C=O) groups is 2. The van der Waals surface area contributed by atoms with Crippen molar-refractivity contribution in [3.63, 3.8) is 0 Å². The Balaban J connectivity index is 2.16. The van der Waals surface area contributed by atoms with Crippen molar-refractivity contribution in [2.24, 2.45) is 0 Å². The third-order valence-corrected chi connectivity index (χ3v) is 3.01. The van der Waals surface area contributed by atoms with Crippen LogP contribution in [0.5, 0.6) is 0 Å². The molecule has 1 aliphatic carbocycles. The van der Waals surface area contributed by atoms with Gasteiger partial charge in [0.2, 0.25) is 0 Å². The standard InChI is InChI=1S/C14H15F2NO3/c1-2-20-13(18)8-17(10-4-5-10)14(19)11-6-3-9(15)7-12(11)16/h3,6-7,10H,2,4-5,8H2,1H3. The van der Waals surface area contributed by atoms with Gasteiger partial charge in [-0.05, 0) is 31.9 Å². The van der Waals surface area contributed by atoms with E-state index in [1.165, 1.54) is 4.90 Å². The van der Waals surface area contributed by atoms with Crippen molar-refractivity contribution < 1.29 is 23.1 Å².